The van der Waals surface area contributed by atoms with Gasteiger partial charge in [-0.05, 0) is 43.0 Å². The molecule has 0 N–H and O–H groups in total. The van der Waals surface area contributed by atoms with E-state index in [0.717, 1.165) is 76.1 Å². The largest absolute Gasteiger partial charge is 0.354 e. The summed E-state index contributed by atoms with van der Waals surface area (Å²) in [5.41, 5.74) is 1.82. The van der Waals surface area contributed by atoms with Crippen LogP contribution in [0, 0.1) is 5.92 Å². The summed E-state index contributed by atoms with van der Waals surface area (Å²) in [5.74, 6) is 1.80. The van der Waals surface area contributed by atoms with Crippen LogP contribution < -0.4 is 4.90 Å². The first-order valence-corrected chi connectivity index (χ1v) is 10.3. The van der Waals surface area contributed by atoms with Crippen LogP contribution in [0.1, 0.15) is 35.8 Å². The summed E-state index contributed by atoms with van der Waals surface area (Å²) >= 11 is 0. The van der Waals surface area contributed by atoms with Crippen molar-refractivity contribution in [2.24, 2.45) is 5.92 Å². The van der Waals surface area contributed by atoms with Gasteiger partial charge in [-0.2, -0.15) is 0 Å². The summed E-state index contributed by atoms with van der Waals surface area (Å²) in [7, 11) is 0. The fourth-order valence-corrected chi connectivity index (χ4v) is 3.95. The average Bonchev–Trinajstić information content (AvgIpc) is 2.75. The van der Waals surface area contributed by atoms with E-state index in [1.54, 1.807) is 6.20 Å². The number of piperazine rings is 1. The molecule has 0 unspecified atom stereocenters. The molecule has 0 spiro atoms. The van der Waals surface area contributed by atoms with Crippen molar-refractivity contribution in [3.05, 3.63) is 54.0 Å². The lowest BCUT2D eigenvalue weighted by Gasteiger charge is -2.35. The predicted octanol–water partition coefficient (Wildman–Crippen LogP) is 2.67. The maximum atomic E-state index is 12.7. The highest BCUT2D eigenvalue weighted by molar-refractivity contribution is 5.94. The topological polar surface area (TPSA) is 52.6 Å². The number of carbonyl (C=O) groups excluding carboxylic acids is 1. The van der Waals surface area contributed by atoms with Crippen LogP contribution in [0.2, 0.25) is 0 Å². The Balaban J connectivity index is 1.30. The molecule has 4 rings (SSSR count). The molecule has 0 saturated carbocycles. The van der Waals surface area contributed by atoms with Gasteiger partial charge in [-0.25, -0.2) is 4.98 Å². The molecular weight excluding hydrogens is 350 g/mol. The van der Waals surface area contributed by atoms with Crippen LogP contribution in [-0.2, 0) is 6.54 Å². The number of piperidine rings is 1. The van der Waals surface area contributed by atoms with E-state index in [1.165, 1.54) is 0 Å². The first kappa shape index (κ1) is 18.9. The number of aromatic nitrogens is 2. The summed E-state index contributed by atoms with van der Waals surface area (Å²) in [5, 5.41) is 0. The van der Waals surface area contributed by atoms with E-state index in [9.17, 15) is 4.79 Å². The number of pyridine rings is 2. The minimum atomic E-state index is 0.117. The van der Waals surface area contributed by atoms with E-state index < -0.39 is 0 Å². The van der Waals surface area contributed by atoms with Gasteiger partial charge in [0.15, 0.2) is 0 Å². The van der Waals surface area contributed by atoms with Gasteiger partial charge in [-0.15, -0.1) is 0 Å². The molecule has 6 nitrogen and oxygen atoms in total. The number of nitrogens with zero attached hydrogens (tertiary/aromatic N) is 5. The number of hydrogen-bond acceptors (Lipinski definition) is 5. The summed E-state index contributed by atoms with van der Waals surface area (Å²) in [6.07, 6.45) is 5.79. The minimum Gasteiger partial charge on any atom is -0.354 e. The highest BCUT2D eigenvalue weighted by atomic mass is 16.2. The van der Waals surface area contributed by atoms with Gasteiger partial charge in [0.1, 0.15) is 5.82 Å². The Morgan fingerprint density at radius 1 is 1.00 bits per heavy atom. The molecule has 0 aliphatic carbocycles. The zero-order valence-electron chi connectivity index (χ0n) is 16.6. The number of anilines is 1. The van der Waals surface area contributed by atoms with Crippen molar-refractivity contribution in [2.75, 3.05) is 44.2 Å². The quantitative estimate of drug-likeness (QED) is 0.818. The van der Waals surface area contributed by atoms with E-state index in [-0.39, 0.29) is 5.91 Å². The van der Waals surface area contributed by atoms with Gasteiger partial charge in [0.05, 0.1) is 11.3 Å². The van der Waals surface area contributed by atoms with E-state index in [1.807, 2.05) is 35.4 Å². The standard InChI is InChI=1S/C22H29N5O/c1-18-7-10-27(11-8-18)22(28)19-5-6-21(24-16-19)26-14-12-25(13-15-26)17-20-4-2-3-9-23-20/h2-6,9,16,18H,7-8,10-15,17H2,1H3. The third kappa shape index (κ3) is 4.50. The minimum absolute atomic E-state index is 0.117. The molecule has 4 heterocycles. The van der Waals surface area contributed by atoms with Gasteiger partial charge < -0.3 is 9.80 Å². The smallest absolute Gasteiger partial charge is 0.255 e. The van der Waals surface area contributed by atoms with Crippen LogP contribution in [0.3, 0.4) is 0 Å². The van der Waals surface area contributed by atoms with Crippen molar-refractivity contribution in [2.45, 2.75) is 26.3 Å². The first-order valence-electron chi connectivity index (χ1n) is 10.3. The van der Waals surface area contributed by atoms with Gasteiger partial charge in [-0.3, -0.25) is 14.7 Å². The lowest BCUT2D eigenvalue weighted by molar-refractivity contribution is 0.0697. The van der Waals surface area contributed by atoms with Crippen molar-refractivity contribution in [3.8, 4) is 0 Å². The molecule has 2 fully saturated rings. The monoisotopic (exact) mass is 379 g/mol. The van der Waals surface area contributed by atoms with E-state index >= 15 is 0 Å². The number of hydrogen-bond donors (Lipinski definition) is 0. The fourth-order valence-electron chi connectivity index (χ4n) is 3.95. The number of rotatable bonds is 4. The van der Waals surface area contributed by atoms with Crippen molar-refractivity contribution < 1.29 is 4.79 Å². The molecule has 0 aromatic carbocycles. The van der Waals surface area contributed by atoms with Crippen LogP contribution in [0.25, 0.3) is 0 Å². The van der Waals surface area contributed by atoms with E-state index in [2.05, 4.69) is 32.8 Å². The molecule has 0 bridgehead atoms. The third-order valence-electron chi connectivity index (χ3n) is 5.87. The molecule has 0 radical (unpaired) electrons. The maximum Gasteiger partial charge on any atom is 0.255 e. The highest BCUT2D eigenvalue weighted by Crippen LogP contribution is 2.20. The molecule has 2 aliphatic rings. The van der Waals surface area contributed by atoms with Crippen LogP contribution >= 0.6 is 0 Å². The van der Waals surface area contributed by atoms with Crippen LogP contribution in [0.4, 0.5) is 5.82 Å². The lowest BCUT2D eigenvalue weighted by atomic mass is 9.99. The van der Waals surface area contributed by atoms with E-state index in [4.69, 9.17) is 0 Å². The Kier molecular flexibility index (Phi) is 5.86. The Labute approximate surface area is 167 Å². The molecular formula is C22H29N5O. The average molecular weight is 380 g/mol. The molecule has 2 aliphatic heterocycles. The van der Waals surface area contributed by atoms with E-state index in [0.29, 0.717) is 5.56 Å². The molecule has 0 atom stereocenters. The van der Waals surface area contributed by atoms with Gasteiger partial charge >= 0.3 is 0 Å². The molecule has 1 amide bonds. The second kappa shape index (κ2) is 8.69. The van der Waals surface area contributed by atoms with Gasteiger partial charge in [0.2, 0.25) is 0 Å². The summed E-state index contributed by atoms with van der Waals surface area (Å²) in [6, 6.07) is 9.99. The second-order valence-corrected chi connectivity index (χ2v) is 7.96. The van der Waals surface area contributed by atoms with Crippen LogP contribution in [-0.4, -0.2) is 64.9 Å². The molecule has 2 saturated heterocycles. The molecule has 28 heavy (non-hydrogen) atoms. The Morgan fingerprint density at radius 2 is 1.79 bits per heavy atom. The molecule has 6 heteroatoms. The highest BCUT2D eigenvalue weighted by Gasteiger charge is 2.22. The summed E-state index contributed by atoms with van der Waals surface area (Å²) in [4.78, 5) is 28.4. The number of amides is 1. The fraction of sp³-hybridized carbons (Fsp3) is 0.500. The third-order valence-corrected chi connectivity index (χ3v) is 5.87. The van der Waals surface area contributed by atoms with Gasteiger partial charge in [-0.1, -0.05) is 13.0 Å². The second-order valence-electron chi connectivity index (χ2n) is 7.96. The van der Waals surface area contributed by atoms with Crippen LogP contribution in [0.15, 0.2) is 42.7 Å². The SMILES string of the molecule is CC1CCN(C(=O)c2ccc(N3CCN(Cc4ccccn4)CC3)nc2)CC1. The van der Waals surface area contributed by atoms with Crippen LogP contribution in [0.5, 0.6) is 0 Å². The lowest BCUT2D eigenvalue weighted by Crippen LogP contribution is -2.46. The van der Waals surface area contributed by atoms with Crippen molar-refractivity contribution in [1.29, 1.82) is 0 Å². The van der Waals surface area contributed by atoms with Crippen molar-refractivity contribution >= 4 is 11.7 Å². The Morgan fingerprint density at radius 3 is 2.43 bits per heavy atom. The number of carbonyl (C=O) groups is 1. The first-order chi connectivity index (χ1) is 13.7. The van der Waals surface area contributed by atoms with Crippen molar-refractivity contribution in [1.82, 2.24) is 19.8 Å². The zero-order chi connectivity index (χ0) is 19.3. The summed E-state index contributed by atoms with van der Waals surface area (Å²) in [6.45, 7) is 8.74. The van der Waals surface area contributed by atoms with Gasteiger partial charge in [0, 0.05) is 58.2 Å². The maximum absolute atomic E-state index is 12.7. The van der Waals surface area contributed by atoms with Gasteiger partial charge in [0.25, 0.3) is 5.91 Å². The predicted molar refractivity (Wildman–Crippen MR) is 110 cm³/mol. The number of likely N-dealkylation sites (tertiary alicyclic amines) is 1. The Hall–Kier alpha value is -2.47. The zero-order valence-corrected chi connectivity index (χ0v) is 16.6. The normalized spacial score (nSPS) is 19.0. The molecule has 2 aromatic heterocycles. The van der Waals surface area contributed by atoms with Crippen molar-refractivity contribution in [3.63, 3.8) is 0 Å². The Bertz CT molecular complexity index is 763. The molecule has 2 aromatic rings. The summed E-state index contributed by atoms with van der Waals surface area (Å²) < 4.78 is 0. The molecule has 148 valence electrons.